The van der Waals surface area contributed by atoms with Gasteiger partial charge in [0.15, 0.2) is 0 Å². The van der Waals surface area contributed by atoms with E-state index in [1.54, 1.807) is 11.3 Å². The molecule has 2 atom stereocenters. The summed E-state index contributed by atoms with van der Waals surface area (Å²) in [6.45, 7) is 4.76. The Morgan fingerprint density at radius 3 is 2.78 bits per heavy atom. The fraction of sp³-hybridized carbons (Fsp3) is 0.444. The number of benzene rings is 1. The van der Waals surface area contributed by atoms with Crippen molar-refractivity contribution in [3.05, 3.63) is 34.7 Å². The Morgan fingerprint density at radius 2 is 2.09 bits per heavy atom. The Balaban J connectivity index is 1.48. The number of aromatic nitrogens is 1. The second-order valence-electron chi connectivity index (χ2n) is 7.10. The molecule has 1 aromatic heterocycles. The number of nitrogens with zero attached hydrogens (tertiary/aromatic N) is 2. The van der Waals surface area contributed by atoms with Gasteiger partial charge in [-0.15, -0.1) is 11.3 Å². The van der Waals surface area contributed by atoms with Crippen molar-refractivity contribution in [1.29, 1.82) is 0 Å². The molecule has 1 aromatic carbocycles. The predicted molar refractivity (Wildman–Crippen MR) is 98.2 cm³/mol. The van der Waals surface area contributed by atoms with Gasteiger partial charge in [-0.05, 0) is 42.7 Å². The van der Waals surface area contributed by atoms with Crippen molar-refractivity contribution >= 4 is 33.8 Å². The van der Waals surface area contributed by atoms with E-state index < -0.39 is 0 Å². The summed E-state index contributed by atoms with van der Waals surface area (Å²) in [6, 6.07) is 7.76. The molecular formula is C18H20ClN3S. The maximum absolute atomic E-state index is 5.93. The summed E-state index contributed by atoms with van der Waals surface area (Å²) in [6.07, 6.45) is 3.71. The zero-order valence-electron chi connectivity index (χ0n) is 13.3. The fourth-order valence-electron chi connectivity index (χ4n) is 3.90. The highest BCUT2D eigenvalue weighted by Crippen LogP contribution is 2.57. The van der Waals surface area contributed by atoms with Gasteiger partial charge in [0.05, 0.1) is 5.69 Å². The quantitative estimate of drug-likeness (QED) is 0.726. The van der Waals surface area contributed by atoms with Crippen LogP contribution in [0, 0.1) is 17.3 Å². The third-order valence-electron chi connectivity index (χ3n) is 5.56. The summed E-state index contributed by atoms with van der Waals surface area (Å²) in [4.78, 5) is 4.63. The molecule has 5 heteroatoms. The molecule has 0 amide bonds. The maximum atomic E-state index is 5.93. The van der Waals surface area contributed by atoms with E-state index in [1.165, 1.54) is 18.6 Å². The van der Waals surface area contributed by atoms with Crippen LogP contribution in [0.5, 0.6) is 0 Å². The number of hydrogen-bond donors (Lipinski definition) is 1. The summed E-state index contributed by atoms with van der Waals surface area (Å²) in [5.41, 5.74) is 6.96. The number of fused-ring (bicyclic) bond motifs is 2. The molecule has 23 heavy (non-hydrogen) atoms. The van der Waals surface area contributed by atoms with Crippen LogP contribution in [-0.2, 0) is 0 Å². The topological polar surface area (TPSA) is 37.3 Å². The minimum atomic E-state index is 0.427. The highest BCUT2D eigenvalue weighted by Gasteiger charge is 2.53. The molecule has 1 heterocycles. The molecule has 3 nitrogen and oxygen atoms in total. The van der Waals surface area contributed by atoms with E-state index in [0.717, 1.165) is 33.8 Å². The van der Waals surface area contributed by atoms with Gasteiger partial charge in [-0.2, -0.15) is 5.10 Å². The first-order valence-corrected chi connectivity index (χ1v) is 9.34. The summed E-state index contributed by atoms with van der Waals surface area (Å²) in [5.74, 6) is 1.53. The van der Waals surface area contributed by atoms with Crippen molar-refractivity contribution in [3.8, 4) is 11.3 Å². The molecule has 0 spiro atoms. The first-order valence-electron chi connectivity index (χ1n) is 8.08. The molecule has 2 unspecified atom stereocenters. The molecule has 2 bridgehead atoms. The van der Waals surface area contributed by atoms with Crippen LogP contribution < -0.4 is 5.43 Å². The van der Waals surface area contributed by atoms with Crippen LogP contribution in [-0.4, -0.2) is 10.7 Å². The Hall–Kier alpha value is -1.39. The fourth-order valence-corrected chi connectivity index (χ4v) is 4.69. The lowest BCUT2D eigenvalue weighted by Gasteiger charge is -2.56. The highest BCUT2D eigenvalue weighted by atomic mass is 35.5. The Labute approximate surface area is 145 Å². The lowest BCUT2D eigenvalue weighted by atomic mass is 9.48. The second kappa shape index (κ2) is 5.60. The molecular weight excluding hydrogens is 326 g/mol. The van der Waals surface area contributed by atoms with Gasteiger partial charge in [0.2, 0.25) is 5.13 Å². The number of hydrazone groups is 1. The van der Waals surface area contributed by atoms with Gasteiger partial charge >= 0.3 is 0 Å². The predicted octanol–water partition coefficient (Wildman–Crippen LogP) is 5.69. The molecule has 2 aromatic rings. The Kier molecular flexibility index (Phi) is 3.69. The minimum Gasteiger partial charge on any atom is -0.253 e. The van der Waals surface area contributed by atoms with E-state index in [4.69, 9.17) is 11.6 Å². The van der Waals surface area contributed by atoms with Crippen molar-refractivity contribution in [3.63, 3.8) is 0 Å². The average molecular weight is 346 g/mol. The largest absolute Gasteiger partial charge is 0.253 e. The van der Waals surface area contributed by atoms with Crippen LogP contribution in [0.1, 0.15) is 33.1 Å². The third-order valence-corrected chi connectivity index (χ3v) is 6.56. The highest BCUT2D eigenvalue weighted by molar-refractivity contribution is 7.14. The number of anilines is 1. The van der Waals surface area contributed by atoms with Crippen LogP contribution in [0.25, 0.3) is 11.3 Å². The van der Waals surface area contributed by atoms with Gasteiger partial charge in [0, 0.05) is 27.6 Å². The van der Waals surface area contributed by atoms with Gasteiger partial charge in [0.25, 0.3) is 0 Å². The van der Waals surface area contributed by atoms with Crippen LogP contribution in [0.3, 0.4) is 0 Å². The first kappa shape index (κ1) is 15.2. The maximum Gasteiger partial charge on any atom is 0.203 e. The number of thiazole rings is 1. The van der Waals surface area contributed by atoms with Crippen LogP contribution in [0.15, 0.2) is 34.7 Å². The van der Waals surface area contributed by atoms with E-state index in [0.29, 0.717) is 11.3 Å². The number of rotatable bonds is 3. The minimum absolute atomic E-state index is 0.427. The molecule has 3 fully saturated rings. The Morgan fingerprint density at radius 1 is 1.30 bits per heavy atom. The normalized spacial score (nSPS) is 26.8. The third kappa shape index (κ3) is 2.68. The zero-order valence-corrected chi connectivity index (χ0v) is 14.9. The SMILES string of the molecule is CC1(C)C2CCC(=NNc3nc(-c4ccc(Cl)cc4)cs3)C1C2. The smallest absolute Gasteiger partial charge is 0.203 e. The van der Waals surface area contributed by atoms with Crippen molar-refractivity contribution in [2.45, 2.75) is 33.1 Å². The molecule has 3 aliphatic carbocycles. The van der Waals surface area contributed by atoms with Crippen LogP contribution in [0.4, 0.5) is 5.13 Å². The second-order valence-corrected chi connectivity index (χ2v) is 8.40. The van der Waals surface area contributed by atoms with Gasteiger partial charge in [-0.25, -0.2) is 4.98 Å². The molecule has 1 N–H and O–H groups in total. The summed E-state index contributed by atoms with van der Waals surface area (Å²) in [7, 11) is 0. The van der Waals surface area contributed by atoms with Gasteiger partial charge in [0.1, 0.15) is 0 Å². The molecule has 120 valence electrons. The molecule has 0 aliphatic heterocycles. The Bertz CT molecular complexity index is 746. The zero-order chi connectivity index (χ0) is 16.0. The van der Waals surface area contributed by atoms with E-state index in [1.807, 2.05) is 24.3 Å². The van der Waals surface area contributed by atoms with Crippen LogP contribution >= 0.6 is 22.9 Å². The molecule has 0 radical (unpaired) electrons. The average Bonchev–Trinajstić information content (AvgIpc) is 3.02. The number of hydrogen-bond acceptors (Lipinski definition) is 4. The van der Waals surface area contributed by atoms with Gasteiger partial charge in [-0.1, -0.05) is 37.6 Å². The molecule has 3 aliphatic rings. The molecule has 0 saturated heterocycles. The van der Waals surface area contributed by atoms with Gasteiger partial charge < -0.3 is 0 Å². The van der Waals surface area contributed by atoms with Crippen molar-refractivity contribution in [1.82, 2.24) is 4.98 Å². The van der Waals surface area contributed by atoms with E-state index >= 15 is 0 Å². The van der Waals surface area contributed by atoms with Crippen molar-refractivity contribution in [2.75, 3.05) is 5.43 Å². The van der Waals surface area contributed by atoms with Crippen molar-refractivity contribution in [2.24, 2.45) is 22.4 Å². The monoisotopic (exact) mass is 345 g/mol. The van der Waals surface area contributed by atoms with Gasteiger partial charge in [-0.3, -0.25) is 5.43 Å². The standard InChI is InChI=1S/C18H20ClN3S/c1-18(2)12-5-8-15(14(18)9-12)21-22-17-20-16(10-23-17)11-3-6-13(19)7-4-11/h3-4,6-7,10,12,14H,5,8-9H2,1-2H3,(H,20,22). The summed E-state index contributed by atoms with van der Waals surface area (Å²) < 4.78 is 0. The number of nitrogens with one attached hydrogen (secondary N) is 1. The van der Waals surface area contributed by atoms with Crippen molar-refractivity contribution < 1.29 is 0 Å². The molecule has 3 saturated carbocycles. The van der Waals surface area contributed by atoms with E-state index in [9.17, 15) is 0 Å². The summed E-state index contributed by atoms with van der Waals surface area (Å²) >= 11 is 7.52. The van der Waals surface area contributed by atoms with E-state index in [2.05, 4.69) is 34.7 Å². The van der Waals surface area contributed by atoms with E-state index in [-0.39, 0.29) is 0 Å². The lowest BCUT2D eigenvalue weighted by molar-refractivity contribution is 0.00145. The first-order chi connectivity index (χ1) is 11.0. The number of halogens is 1. The summed E-state index contributed by atoms with van der Waals surface area (Å²) in [5, 5.41) is 8.33. The lowest BCUT2D eigenvalue weighted by Crippen LogP contribution is -2.52. The molecule has 5 rings (SSSR count). The van der Waals surface area contributed by atoms with Crippen LogP contribution in [0.2, 0.25) is 5.02 Å².